The second-order valence-corrected chi connectivity index (χ2v) is 3.98. The molecule has 17 heavy (non-hydrogen) atoms. The number of rotatable bonds is 1. The van der Waals surface area contributed by atoms with E-state index in [1.54, 1.807) is 25.4 Å². The summed E-state index contributed by atoms with van der Waals surface area (Å²) in [7, 11) is 0. The lowest BCUT2D eigenvalue weighted by molar-refractivity contribution is 0.487. The molecule has 0 aliphatic carbocycles. The molecule has 0 saturated heterocycles. The Morgan fingerprint density at radius 2 is 2.35 bits per heavy atom. The molecule has 1 unspecified atom stereocenters. The van der Waals surface area contributed by atoms with E-state index < -0.39 is 6.29 Å². The number of thiol groups is 1. The van der Waals surface area contributed by atoms with Crippen molar-refractivity contribution in [3.63, 3.8) is 0 Å². The fraction of sp³-hybridized carbons (Fsp3) is 0.182. The number of aromatic nitrogens is 1. The van der Waals surface area contributed by atoms with Crippen molar-refractivity contribution in [2.24, 2.45) is 10.7 Å². The minimum Gasteiger partial charge on any atom is -0.292 e. The van der Waals surface area contributed by atoms with Crippen LogP contribution in [0.5, 0.6) is 0 Å². The molecule has 0 radical (unpaired) electrons. The lowest BCUT2D eigenvalue weighted by Gasteiger charge is -2.30. The van der Waals surface area contributed by atoms with E-state index in [4.69, 9.17) is 5.73 Å². The highest BCUT2D eigenvalue weighted by atomic mass is 32.1. The first-order valence-electron chi connectivity index (χ1n) is 4.98. The fourth-order valence-electron chi connectivity index (χ4n) is 1.65. The van der Waals surface area contributed by atoms with Crippen LogP contribution in [-0.2, 0) is 0 Å². The first-order valence-corrected chi connectivity index (χ1v) is 5.38. The molecule has 0 bridgehead atoms. The second-order valence-electron chi connectivity index (χ2n) is 3.55. The van der Waals surface area contributed by atoms with E-state index in [-0.39, 0.29) is 0 Å². The van der Waals surface area contributed by atoms with Crippen LogP contribution >= 0.6 is 12.8 Å². The number of aliphatic imine (C=N–C) groups is 1. The molecule has 0 saturated carbocycles. The molecule has 1 atom stereocenters. The molecule has 0 spiro atoms. The Hall–Kier alpha value is -1.84. The summed E-state index contributed by atoms with van der Waals surface area (Å²) >= 11 is 4.28. The normalized spacial score (nSPS) is 20.0. The van der Waals surface area contributed by atoms with Crippen molar-refractivity contribution >= 4 is 24.2 Å². The van der Waals surface area contributed by atoms with Gasteiger partial charge in [0, 0.05) is 18.0 Å². The Morgan fingerprint density at radius 1 is 1.59 bits per heavy atom. The van der Waals surface area contributed by atoms with E-state index in [2.05, 4.69) is 28.9 Å². The molecule has 0 amide bonds. The predicted molar refractivity (Wildman–Crippen MR) is 68.7 cm³/mol. The standard InChI is InChI=1S/C11H11N5S/c1-7-9(5-12)10(16(17)11(13)15-7)8-3-2-4-14-6-8/h2-4,6,11,17H,13H2,1H3. The Balaban J connectivity index is 2.62. The van der Waals surface area contributed by atoms with Gasteiger partial charge >= 0.3 is 0 Å². The zero-order valence-corrected chi connectivity index (χ0v) is 10.1. The monoisotopic (exact) mass is 245 g/mol. The number of nitrogens with zero attached hydrogens (tertiary/aromatic N) is 4. The molecule has 1 aliphatic heterocycles. The molecule has 2 rings (SSSR count). The van der Waals surface area contributed by atoms with Gasteiger partial charge in [-0.1, -0.05) is 12.8 Å². The molecular weight excluding hydrogens is 234 g/mol. The van der Waals surface area contributed by atoms with E-state index >= 15 is 0 Å². The van der Waals surface area contributed by atoms with Gasteiger partial charge in [-0.3, -0.25) is 15.0 Å². The highest BCUT2D eigenvalue weighted by Gasteiger charge is 2.25. The maximum atomic E-state index is 9.19. The highest BCUT2D eigenvalue weighted by molar-refractivity contribution is 7.78. The third-order valence-corrected chi connectivity index (χ3v) is 2.89. The number of pyridine rings is 1. The topological polar surface area (TPSA) is 78.3 Å². The molecule has 1 aromatic rings. The van der Waals surface area contributed by atoms with E-state index in [0.29, 0.717) is 17.0 Å². The SMILES string of the molecule is CC1=NC(N)N(S)C(c2cccnc2)=C1C#N. The molecule has 6 heteroatoms. The van der Waals surface area contributed by atoms with Gasteiger partial charge in [0.25, 0.3) is 0 Å². The van der Waals surface area contributed by atoms with Gasteiger partial charge < -0.3 is 0 Å². The molecule has 86 valence electrons. The van der Waals surface area contributed by atoms with Crippen LogP contribution in [0.3, 0.4) is 0 Å². The average molecular weight is 245 g/mol. The van der Waals surface area contributed by atoms with Crippen molar-refractivity contribution in [2.45, 2.75) is 13.2 Å². The molecule has 5 nitrogen and oxygen atoms in total. The Bertz CT molecular complexity index is 529. The third kappa shape index (κ3) is 2.02. The summed E-state index contributed by atoms with van der Waals surface area (Å²) in [4.78, 5) is 8.16. The van der Waals surface area contributed by atoms with Crippen LogP contribution < -0.4 is 5.73 Å². The van der Waals surface area contributed by atoms with Crippen molar-refractivity contribution in [2.75, 3.05) is 0 Å². The number of hydrogen-bond acceptors (Lipinski definition) is 6. The molecule has 0 aromatic carbocycles. The number of allylic oxidation sites excluding steroid dienone is 1. The zero-order valence-electron chi connectivity index (χ0n) is 9.20. The van der Waals surface area contributed by atoms with Gasteiger partial charge in [-0.25, -0.2) is 4.99 Å². The Labute approximate surface area is 105 Å². The fourth-order valence-corrected chi connectivity index (χ4v) is 1.92. The molecule has 1 aliphatic rings. The Kier molecular flexibility index (Phi) is 3.13. The summed E-state index contributed by atoms with van der Waals surface area (Å²) in [6.45, 7) is 1.76. The smallest absolute Gasteiger partial charge is 0.183 e. The molecular formula is C11H11N5S. The van der Waals surface area contributed by atoms with Crippen LogP contribution in [0.15, 0.2) is 35.1 Å². The number of nitriles is 1. The maximum Gasteiger partial charge on any atom is 0.183 e. The van der Waals surface area contributed by atoms with Gasteiger partial charge in [-0.05, 0) is 19.1 Å². The summed E-state index contributed by atoms with van der Waals surface area (Å²) < 4.78 is 1.47. The number of hydrogen-bond donors (Lipinski definition) is 2. The Morgan fingerprint density at radius 3 is 2.94 bits per heavy atom. The van der Waals surface area contributed by atoms with Gasteiger partial charge in [-0.2, -0.15) is 5.26 Å². The minimum absolute atomic E-state index is 0.467. The van der Waals surface area contributed by atoms with Crippen LogP contribution in [0, 0.1) is 11.3 Å². The van der Waals surface area contributed by atoms with Gasteiger partial charge in [0.2, 0.25) is 0 Å². The van der Waals surface area contributed by atoms with Crippen molar-refractivity contribution in [3.8, 4) is 6.07 Å². The lowest BCUT2D eigenvalue weighted by atomic mass is 10.0. The van der Waals surface area contributed by atoms with E-state index in [0.717, 1.165) is 5.56 Å². The van der Waals surface area contributed by atoms with Gasteiger partial charge in [0.1, 0.15) is 6.07 Å². The zero-order chi connectivity index (χ0) is 12.4. The van der Waals surface area contributed by atoms with Crippen LogP contribution in [0.1, 0.15) is 12.5 Å². The quantitative estimate of drug-likeness (QED) is 0.728. The van der Waals surface area contributed by atoms with Gasteiger partial charge in [-0.15, -0.1) is 0 Å². The van der Waals surface area contributed by atoms with E-state index in [1.807, 2.05) is 6.07 Å². The minimum atomic E-state index is -0.592. The summed E-state index contributed by atoms with van der Waals surface area (Å²) in [6.07, 6.45) is 2.75. The van der Waals surface area contributed by atoms with E-state index in [1.165, 1.54) is 4.31 Å². The van der Waals surface area contributed by atoms with Crippen LogP contribution in [-0.4, -0.2) is 21.3 Å². The average Bonchev–Trinajstić information content (AvgIpc) is 2.34. The lowest BCUT2D eigenvalue weighted by Crippen LogP contribution is -2.37. The van der Waals surface area contributed by atoms with Crippen molar-refractivity contribution in [1.82, 2.24) is 9.29 Å². The second kappa shape index (κ2) is 4.57. The van der Waals surface area contributed by atoms with Crippen LogP contribution in [0.2, 0.25) is 0 Å². The highest BCUT2D eigenvalue weighted by Crippen LogP contribution is 2.29. The first kappa shape index (κ1) is 11.6. The van der Waals surface area contributed by atoms with E-state index in [9.17, 15) is 5.26 Å². The number of nitrogens with two attached hydrogens (primary N) is 1. The largest absolute Gasteiger partial charge is 0.292 e. The van der Waals surface area contributed by atoms with Gasteiger partial charge in [0.05, 0.1) is 17.0 Å². The molecule has 0 fully saturated rings. The molecule has 2 N–H and O–H groups in total. The third-order valence-electron chi connectivity index (χ3n) is 2.45. The van der Waals surface area contributed by atoms with Crippen molar-refractivity contribution in [3.05, 3.63) is 35.7 Å². The predicted octanol–water partition coefficient (Wildman–Crippen LogP) is 1.18. The first-order chi connectivity index (χ1) is 8.15. The summed E-state index contributed by atoms with van der Waals surface area (Å²) in [5.41, 5.74) is 8.33. The van der Waals surface area contributed by atoms with Gasteiger partial charge in [0.15, 0.2) is 6.29 Å². The van der Waals surface area contributed by atoms with Crippen molar-refractivity contribution in [1.29, 1.82) is 5.26 Å². The summed E-state index contributed by atoms with van der Waals surface area (Å²) in [5.74, 6) is 0. The summed E-state index contributed by atoms with van der Waals surface area (Å²) in [5, 5.41) is 9.19. The van der Waals surface area contributed by atoms with Crippen LogP contribution in [0.4, 0.5) is 0 Å². The summed E-state index contributed by atoms with van der Waals surface area (Å²) in [6, 6.07) is 5.78. The van der Waals surface area contributed by atoms with Crippen molar-refractivity contribution < 1.29 is 0 Å². The molecule has 1 aromatic heterocycles. The van der Waals surface area contributed by atoms with Crippen LogP contribution in [0.25, 0.3) is 5.70 Å². The molecule has 2 heterocycles. The maximum absolute atomic E-state index is 9.19.